The molecule has 0 saturated carbocycles. The third-order valence-corrected chi connectivity index (χ3v) is 4.98. The lowest BCUT2D eigenvalue weighted by Gasteiger charge is -2.24. The number of anilines is 1. The van der Waals surface area contributed by atoms with Crippen molar-refractivity contribution in [3.63, 3.8) is 0 Å². The first-order chi connectivity index (χ1) is 12.3. The molecule has 1 aliphatic rings. The first-order valence-corrected chi connectivity index (χ1v) is 8.90. The molecular formula is C19H18BrN3O3. The van der Waals surface area contributed by atoms with Gasteiger partial charge in [-0.25, -0.2) is 9.69 Å². The largest absolute Gasteiger partial charge is 0.326 e. The van der Waals surface area contributed by atoms with Crippen molar-refractivity contribution in [2.75, 3.05) is 5.32 Å². The number of hydrogen-bond acceptors (Lipinski definition) is 3. The topological polar surface area (TPSA) is 78.5 Å². The Kier molecular flexibility index (Phi) is 4.82. The first-order valence-electron chi connectivity index (χ1n) is 8.10. The van der Waals surface area contributed by atoms with Crippen LogP contribution in [0.25, 0.3) is 0 Å². The maximum Gasteiger partial charge on any atom is 0.326 e. The Bertz CT molecular complexity index is 854. The molecule has 2 aromatic rings. The van der Waals surface area contributed by atoms with Gasteiger partial charge in [0.05, 0.1) is 0 Å². The summed E-state index contributed by atoms with van der Waals surface area (Å²) in [4.78, 5) is 38.9. The molecular weight excluding hydrogens is 398 g/mol. The van der Waals surface area contributed by atoms with Crippen LogP contribution in [0.2, 0.25) is 0 Å². The number of rotatable bonds is 4. The van der Waals surface area contributed by atoms with Crippen molar-refractivity contribution in [3.05, 3.63) is 64.6 Å². The molecule has 0 spiro atoms. The summed E-state index contributed by atoms with van der Waals surface area (Å²) in [5.74, 6) is -0.889. The number of nitrogens with zero attached hydrogens (tertiary/aromatic N) is 1. The fraction of sp³-hybridized carbons (Fsp3) is 0.211. The number of benzene rings is 2. The third kappa shape index (κ3) is 3.22. The van der Waals surface area contributed by atoms with Crippen LogP contribution in [0, 0.1) is 0 Å². The van der Waals surface area contributed by atoms with Crippen molar-refractivity contribution in [2.24, 2.45) is 0 Å². The number of imide groups is 1. The SMILES string of the molecule is C[C@H](C(=O)Nc1ccc(Br)cc1)N1C(=O)N[C@](C)(c2ccccc2)C1=O. The number of halogens is 1. The van der Waals surface area contributed by atoms with Gasteiger partial charge in [0.2, 0.25) is 5.91 Å². The zero-order chi connectivity index (χ0) is 18.9. The van der Waals surface area contributed by atoms with Gasteiger partial charge in [-0.15, -0.1) is 0 Å². The van der Waals surface area contributed by atoms with Gasteiger partial charge in [-0.2, -0.15) is 0 Å². The molecule has 26 heavy (non-hydrogen) atoms. The van der Waals surface area contributed by atoms with E-state index in [1.165, 1.54) is 6.92 Å². The van der Waals surface area contributed by atoms with E-state index in [9.17, 15) is 14.4 Å². The predicted octanol–water partition coefficient (Wildman–Crippen LogP) is 3.24. The van der Waals surface area contributed by atoms with Crippen molar-refractivity contribution < 1.29 is 14.4 Å². The lowest BCUT2D eigenvalue weighted by molar-refractivity contribution is -0.136. The number of carbonyl (C=O) groups is 3. The van der Waals surface area contributed by atoms with Crippen molar-refractivity contribution in [2.45, 2.75) is 25.4 Å². The summed E-state index contributed by atoms with van der Waals surface area (Å²) in [7, 11) is 0. The molecule has 1 heterocycles. The van der Waals surface area contributed by atoms with E-state index in [1.807, 2.05) is 6.07 Å². The fourth-order valence-electron chi connectivity index (χ4n) is 2.88. The molecule has 1 saturated heterocycles. The second-order valence-corrected chi connectivity index (χ2v) is 7.18. The van der Waals surface area contributed by atoms with Crippen LogP contribution in [0.5, 0.6) is 0 Å². The molecule has 0 radical (unpaired) electrons. The lowest BCUT2D eigenvalue weighted by Crippen LogP contribution is -2.47. The van der Waals surface area contributed by atoms with Crippen LogP contribution in [0.15, 0.2) is 59.1 Å². The Balaban J connectivity index is 1.80. The number of urea groups is 1. The minimum Gasteiger partial charge on any atom is -0.324 e. The van der Waals surface area contributed by atoms with Gasteiger partial charge < -0.3 is 10.6 Å². The molecule has 0 bridgehead atoms. The highest BCUT2D eigenvalue weighted by atomic mass is 79.9. The number of nitrogens with one attached hydrogen (secondary N) is 2. The summed E-state index contributed by atoms with van der Waals surface area (Å²) >= 11 is 3.33. The van der Waals surface area contributed by atoms with Crippen LogP contribution in [0.3, 0.4) is 0 Å². The Hall–Kier alpha value is -2.67. The van der Waals surface area contributed by atoms with Gasteiger partial charge in [0.25, 0.3) is 5.91 Å². The van der Waals surface area contributed by atoms with Crippen LogP contribution >= 0.6 is 15.9 Å². The molecule has 0 unspecified atom stereocenters. The third-order valence-electron chi connectivity index (χ3n) is 4.45. The first kappa shape index (κ1) is 18.1. The van der Waals surface area contributed by atoms with Crippen LogP contribution in [0.4, 0.5) is 10.5 Å². The lowest BCUT2D eigenvalue weighted by atomic mass is 9.92. The molecule has 2 aromatic carbocycles. The van der Waals surface area contributed by atoms with Gasteiger partial charge in [0.1, 0.15) is 11.6 Å². The van der Waals surface area contributed by atoms with Crippen molar-refractivity contribution in [1.82, 2.24) is 10.2 Å². The van der Waals surface area contributed by atoms with Crippen LogP contribution < -0.4 is 10.6 Å². The molecule has 3 rings (SSSR count). The van der Waals surface area contributed by atoms with Crippen LogP contribution in [0.1, 0.15) is 19.4 Å². The zero-order valence-corrected chi connectivity index (χ0v) is 15.9. The summed E-state index contributed by atoms with van der Waals surface area (Å²) < 4.78 is 0.885. The van der Waals surface area contributed by atoms with Gasteiger partial charge >= 0.3 is 6.03 Å². The maximum atomic E-state index is 12.9. The van der Waals surface area contributed by atoms with Crippen molar-refractivity contribution in [3.8, 4) is 0 Å². The minimum atomic E-state index is -1.19. The highest BCUT2D eigenvalue weighted by molar-refractivity contribution is 9.10. The van der Waals surface area contributed by atoms with E-state index in [0.29, 0.717) is 11.3 Å². The van der Waals surface area contributed by atoms with Crippen LogP contribution in [-0.2, 0) is 15.1 Å². The van der Waals surface area contributed by atoms with E-state index >= 15 is 0 Å². The molecule has 2 atom stereocenters. The summed E-state index contributed by atoms with van der Waals surface area (Å²) in [6.07, 6.45) is 0. The monoisotopic (exact) mass is 415 g/mol. The molecule has 0 aliphatic carbocycles. The second kappa shape index (κ2) is 6.92. The van der Waals surface area contributed by atoms with Gasteiger partial charge in [0.15, 0.2) is 0 Å². The van der Waals surface area contributed by atoms with Crippen LogP contribution in [-0.4, -0.2) is 28.8 Å². The van der Waals surface area contributed by atoms with E-state index in [0.717, 1.165) is 9.37 Å². The quantitative estimate of drug-likeness (QED) is 0.752. The molecule has 1 fully saturated rings. The van der Waals surface area contributed by atoms with Crippen molar-refractivity contribution >= 4 is 39.5 Å². The van der Waals surface area contributed by atoms with E-state index in [4.69, 9.17) is 0 Å². The average molecular weight is 416 g/mol. The summed E-state index contributed by atoms with van der Waals surface area (Å²) in [5.41, 5.74) is 0.0640. The highest BCUT2D eigenvalue weighted by Crippen LogP contribution is 2.30. The van der Waals surface area contributed by atoms with E-state index < -0.39 is 29.4 Å². The molecule has 2 N–H and O–H groups in total. The summed E-state index contributed by atoms with van der Waals surface area (Å²) in [5, 5.41) is 5.43. The number of hydrogen-bond donors (Lipinski definition) is 2. The Morgan fingerprint density at radius 1 is 1.12 bits per heavy atom. The molecule has 0 aromatic heterocycles. The standard InChI is InChI=1S/C19H18BrN3O3/c1-12(16(24)21-15-10-8-14(20)9-11-15)23-17(25)19(2,22-18(23)26)13-6-4-3-5-7-13/h3-12H,1-2H3,(H,21,24)(H,22,26)/t12-,19-/m1/s1. The molecule has 6 nitrogen and oxygen atoms in total. The predicted molar refractivity (Wildman–Crippen MR) is 101 cm³/mol. The van der Waals surface area contributed by atoms with Gasteiger partial charge in [0, 0.05) is 10.2 Å². The summed E-state index contributed by atoms with van der Waals surface area (Å²) in [6, 6.07) is 14.5. The fourth-order valence-corrected chi connectivity index (χ4v) is 3.14. The Labute approximate surface area is 159 Å². The molecule has 7 heteroatoms. The normalized spacial score (nSPS) is 20.7. The highest BCUT2D eigenvalue weighted by Gasteiger charge is 2.51. The smallest absolute Gasteiger partial charge is 0.324 e. The zero-order valence-electron chi connectivity index (χ0n) is 14.3. The average Bonchev–Trinajstić information content (AvgIpc) is 2.87. The Morgan fingerprint density at radius 2 is 1.73 bits per heavy atom. The molecule has 1 aliphatic heterocycles. The van der Waals surface area contributed by atoms with Gasteiger partial charge in [-0.1, -0.05) is 46.3 Å². The summed E-state index contributed by atoms with van der Waals surface area (Å²) in [6.45, 7) is 3.17. The van der Waals surface area contributed by atoms with E-state index in [-0.39, 0.29) is 0 Å². The minimum absolute atomic E-state index is 0.437. The number of carbonyl (C=O) groups excluding carboxylic acids is 3. The van der Waals surface area contributed by atoms with E-state index in [2.05, 4.69) is 26.6 Å². The number of amides is 4. The van der Waals surface area contributed by atoms with Gasteiger partial charge in [-0.3, -0.25) is 9.59 Å². The maximum absolute atomic E-state index is 12.9. The van der Waals surface area contributed by atoms with Crippen molar-refractivity contribution in [1.29, 1.82) is 0 Å². The molecule has 134 valence electrons. The molecule has 4 amide bonds. The Morgan fingerprint density at radius 3 is 2.35 bits per heavy atom. The van der Waals surface area contributed by atoms with E-state index in [1.54, 1.807) is 55.5 Å². The van der Waals surface area contributed by atoms with Gasteiger partial charge in [-0.05, 0) is 43.7 Å². The second-order valence-electron chi connectivity index (χ2n) is 6.27.